The van der Waals surface area contributed by atoms with E-state index in [0.717, 1.165) is 4.90 Å². The van der Waals surface area contributed by atoms with Crippen molar-refractivity contribution in [1.82, 2.24) is 19.9 Å². The molecule has 2 aromatic heterocycles. The number of halogens is 1. The lowest BCUT2D eigenvalue weighted by molar-refractivity contribution is -0.143. The number of pyridine rings is 1. The Kier molecular flexibility index (Phi) is 6.04. The maximum atomic E-state index is 14.1. The summed E-state index contributed by atoms with van der Waals surface area (Å²) in [4.78, 5) is 46.5. The highest BCUT2D eigenvalue weighted by atomic mass is 19.1. The van der Waals surface area contributed by atoms with Gasteiger partial charge in [0.2, 0.25) is 17.7 Å². The second kappa shape index (κ2) is 8.93. The molecular formula is C24H23FN4O4. The summed E-state index contributed by atoms with van der Waals surface area (Å²) in [5.74, 6) is -1.88. The van der Waals surface area contributed by atoms with Crippen molar-refractivity contribution in [3.05, 3.63) is 83.8 Å². The van der Waals surface area contributed by atoms with Crippen LogP contribution in [0, 0.1) is 5.82 Å². The number of rotatable bonds is 7. The lowest BCUT2D eigenvalue weighted by Crippen LogP contribution is -2.43. The van der Waals surface area contributed by atoms with Gasteiger partial charge < -0.3 is 9.42 Å². The van der Waals surface area contributed by atoms with E-state index < -0.39 is 29.1 Å². The van der Waals surface area contributed by atoms with Crippen LogP contribution >= 0.6 is 0 Å². The molecule has 2 atom stereocenters. The van der Waals surface area contributed by atoms with E-state index in [0.29, 0.717) is 16.8 Å². The second-order valence-corrected chi connectivity index (χ2v) is 8.20. The number of carbonyl (C=O) groups excluding carboxylic acids is 3. The molecule has 0 saturated carbocycles. The Morgan fingerprint density at radius 1 is 1.27 bits per heavy atom. The zero-order valence-electron chi connectivity index (χ0n) is 18.3. The van der Waals surface area contributed by atoms with E-state index in [9.17, 15) is 18.8 Å². The largest absolute Gasteiger partial charge is 0.364 e. The first-order valence-electron chi connectivity index (χ1n) is 10.5. The standard InChI is InChI=1S/C24H23FN4O4/c1-16(20-8-10-33-27-20)28(2)21(30)12-24(18-6-3-7-19(25)11-18)13-22(31)29(23(24)32)15-17-5-4-9-26-14-17/h3-11,14,16H,12-13,15H2,1-2H3. The fourth-order valence-electron chi connectivity index (χ4n) is 4.12. The molecule has 1 aliphatic rings. The van der Waals surface area contributed by atoms with Crippen LogP contribution in [0.3, 0.4) is 0 Å². The molecule has 0 aliphatic carbocycles. The zero-order valence-corrected chi connectivity index (χ0v) is 18.3. The Balaban J connectivity index is 1.67. The molecule has 1 aliphatic heterocycles. The van der Waals surface area contributed by atoms with Gasteiger partial charge >= 0.3 is 0 Å². The normalized spacial score (nSPS) is 19.1. The summed E-state index contributed by atoms with van der Waals surface area (Å²) in [5.41, 5.74) is 0.0245. The Bertz CT molecular complexity index is 1170. The van der Waals surface area contributed by atoms with Gasteiger partial charge in [-0.15, -0.1) is 0 Å². The molecule has 3 heterocycles. The van der Waals surface area contributed by atoms with Gasteiger partial charge in [-0.3, -0.25) is 24.3 Å². The molecular weight excluding hydrogens is 427 g/mol. The van der Waals surface area contributed by atoms with E-state index >= 15 is 0 Å². The third-order valence-corrected chi connectivity index (χ3v) is 6.16. The molecule has 4 rings (SSSR count). The average molecular weight is 450 g/mol. The monoisotopic (exact) mass is 450 g/mol. The third-order valence-electron chi connectivity index (χ3n) is 6.16. The van der Waals surface area contributed by atoms with Gasteiger partial charge in [0.25, 0.3) is 0 Å². The highest BCUT2D eigenvalue weighted by Gasteiger charge is 2.54. The van der Waals surface area contributed by atoms with Crippen LogP contribution < -0.4 is 0 Å². The third kappa shape index (κ3) is 4.26. The SMILES string of the molecule is CC(c1ccon1)N(C)C(=O)CC1(c2cccc(F)c2)CC(=O)N(Cc2cccnc2)C1=O. The molecule has 0 radical (unpaired) electrons. The number of amides is 3. The van der Waals surface area contributed by atoms with E-state index in [1.807, 2.05) is 0 Å². The van der Waals surface area contributed by atoms with Crippen LogP contribution in [0.5, 0.6) is 0 Å². The molecule has 2 unspecified atom stereocenters. The number of hydrogen-bond donors (Lipinski definition) is 0. The maximum Gasteiger partial charge on any atom is 0.241 e. The van der Waals surface area contributed by atoms with E-state index in [1.54, 1.807) is 50.6 Å². The van der Waals surface area contributed by atoms with Crippen molar-refractivity contribution in [1.29, 1.82) is 0 Å². The maximum absolute atomic E-state index is 14.1. The first-order chi connectivity index (χ1) is 15.8. The first kappa shape index (κ1) is 22.3. The molecule has 9 heteroatoms. The molecule has 1 fully saturated rings. The van der Waals surface area contributed by atoms with Gasteiger partial charge in [0.05, 0.1) is 18.0 Å². The van der Waals surface area contributed by atoms with Crippen molar-refractivity contribution in [2.24, 2.45) is 0 Å². The molecule has 0 spiro atoms. The lowest BCUT2D eigenvalue weighted by atomic mass is 9.75. The molecule has 0 bridgehead atoms. The van der Waals surface area contributed by atoms with Crippen LogP contribution in [0.1, 0.15) is 42.6 Å². The van der Waals surface area contributed by atoms with Crippen molar-refractivity contribution in [2.45, 2.75) is 37.8 Å². The van der Waals surface area contributed by atoms with Crippen molar-refractivity contribution >= 4 is 17.7 Å². The Morgan fingerprint density at radius 2 is 2.09 bits per heavy atom. The minimum absolute atomic E-state index is 0.0297. The van der Waals surface area contributed by atoms with Gasteiger partial charge in [0.1, 0.15) is 17.8 Å². The topological polar surface area (TPSA) is 96.6 Å². The van der Waals surface area contributed by atoms with E-state index in [1.165, 1.54) is 29.4 Å². The number of imide groups is 1. The highest BCUT2D eigenvalue weighted by Crippen LogP contribution is 2.41. The molecule has 1 aromatic carbocycles. The van der Waals surface area contributed by atoms with Gasteiger partial charge in [-0.2, -0.15) is 0 Å². The van der Waals surface area contributed by atoms with E-state index in [-0.39, 0.29) is 25.3 Å². The van der Waals surface area contributed by atoms with Crippen LogP contribution in [-0.4, -0.2) is 44.7 Å². The van der Waals surface area contributed by atoms with Crippen molar-refractivity contribution < 1.29 is 23.3 Å². The molecule has 0 N–H and O–H groups in total. The van der Waals surface area contributed by atoms with Crippen molar-refractivity contribution in [2.75, 3.05) is 7.05 Å². The number of hydrogen-bond acceptors (Lipinski definition) is 6. The lowest BCUT2D eigenvalue weighted by Gasteiger charge is -2.31. The fraction of sp³-hybridized carbons (Fsp3) is 0.292. The Morgan fingerprint density at radius 3 is 2.76 bits per heavy atom. The number of benzene rings is 1. The molecule has 3 aromatic rings. The molecule has 3 amide bonds. The van der Waals surface area contributed by atoms with Crippen LogP contribution in [0.2, 0.25) is 0 Å². The van der Waals surface area contributed by atoms with Crippen LogP contribution in [-0.2, 0) is 26.3 Å². The molecule has 8 nitrogen and oxygen atoms in total. The van der Waals surface area contributed by atoms with Gasteiger partial charge in [-0.25, -0.2) is 4.39 Å². The Hall–Kier alpha value is -3.88. The summed E-state index contributed by atoms with van der Waals surface area (Å²) < 4.78 is 19.0. The van der Waals surface area contributed by atoms with Crippen LogP contribution in [0.4, 0.5) is 4.39 Å². The molecule has 170 valence electrons. The predicted molar refractivity (Wildman–Crippen MR) is 115 cm³/mol. The Labute approximate surface area is 190 Å². The van der Waals surface area contributed by atoms with Crippen molar-refractivity contribution in [3.8, 4) is 0 Å². The number of carbonyl (C=O) groups is 3. The highest BCUT2D eigenvalue weighted by molar-refractivity contribution is 6.10. The fourth-order valence-corrected chi connectivity index (χ4v) is 4.12. The van der Waals surface area contributed by atoms with Crippen LogP contribution in [0.15, 0.2) is 65.6 Å². The summed E-state index contributed by atoms with van der Waals surface area (Å²) in [6.07, 6.45) is 4.06. The number of aromatic nitrogens is 2. The van der Waals surface area contributed by atoms with Gasteiger partial charge in [-0.05, 0) is 36.2 Å². The molecule has 1 saturated heterocycles. The quantitative estimate of drug-likeness (QED) is 0.514. The summed E-state index contributed by atoms with van der Waals surface area (Å²) >= 11 is 0. The van der Waals surface area contributed by atoms with Gasteiger partial charge in [-0.1, -0.05) is 23.4 Å². The minimum atomic E-state index is -1.50. The van der Waals surface area contributed by atoms with Gasteiger partial charge in [0, 0.05) is 38.3 Å². The van der Waals surface area contributed by atoms with Crippen molar-refractivity contribution in [3.63, 3.8) is 0 Å². The summed E-state index contributed by atoms with van der Waals surface area (Å²) in [7, 11) is 1.59. The zero-order chi connectivity index (χ0) is 23.6. The summed E-state index contributed by atoms with van der Waals surface area (Å²) in [6.45, 7) is 1.81. The summed E-state index contributed by atoms with van der Waals surface area (Å²) in [5, 5.41) is 3.87. The smallest absolute Gasteiger partial charge is 0.241 e. The molecule has 33 heavy (non-hydrogen) atoms. The number of likely N-dealkylation sites (tertiary alicyclic amines) is 1. The average Bonchev–Trinajstić information content (AvgIpc) is 3.43. The first-order valence-corrected chi connectivity index (χ1v) is 10.5. The summed E-state index contributed by atoms with van der Waals surface area (Å²) in [6, 6.07) is 10.2. The van der Waals surface area contributed by atoms with E-state index in [2.05, 4.69) is 10.1 Å². The van der Waals surface area contributed by atoms with Crippen LogP contribution in [0.25, 0.3) is 0 Å². The minimum Gasteiger partial charge on any atom is -0.364 e. The number of nitrogens with zero attached hydrogens (tertiary/aromatic N) is 4. The van der Waals surface area contributed by atoms with E-state index in [4.69, 9.17) is 4.52 Å². The second-order valence-electron chi connectivity index (χ2n) is 8.20. The predicted octanol–water partition coefficient (Wildman–Crippen LogP) is 3.02. The van der Waals surface area contributed by atoms with Gasteiger partial charge in [0.15, 0.2) is 0 Å².